The van der Waals surface area contributed by atoms with Crippen LogP contribution in [0.15, 0.2) is 24.5 Å². The lowest BCUT2D eigenvalue weighted by atomic mass is 10.1. The van der Waals surface area contributed by atoms with Gasteiger partial charge >= 0.3 is 0 Å². The topological polar surface area (TPSA) is 74.4 Å². The van der Waals surface area contributed by atoms with Gasteiger partial charge in [-0.3, -0.25) is 4.98 Å². The second kappa shape index (κ2) is 6.20. The minimum Gasteiger partial charge on any atom is -0.495 e. The number of nitrogens with zero attached hydrogens (tertiary/aromatic N) is 5. The van der Waals surface area contributed by atoms with Crippen molar-refractivity contribution < 1.29 is 9.47 Å². The first kappa shape index (κ1) is 15.2. The van der Waals surface area contributed by atoms with Crippen molar-refractivity contribution in [3.63, 3.8) is 0 Å². The fraction of sp³-hybridized carbons (Fsp3) is 0.375. The van der Waals surface area contributed by atoms with Crippen LogP contribution in [-0.4, -0.2) is 31.7 Å². The van der Waals surface area contributed by atoms with Gasteiger partial charge in [0.2, 0.25) is 5.88 Å². The van der Waals surface area contributed by atoms with Gasteiger partial charge in [0.05, 0.1) is 19.0 Å². The molecule has 3 aromatic rings. The van der Waals surface area contributed by atoms with Crippen molar-refractivity contribution in [2.75, 3.05) is 7.11 Å². The Balaban J connectivity index is 1.91. The van der Waals surface area contributed by atoms with Crippen LogP contribution in [0, 0.1) is 6.92 Å². The summed E-state index contributed by atoms with van der Waals surface area (Å²) in [5, 5.41) is 4.34. The molecule has 0 saturated carbocycles. The zero-order valence-corrected chi connectivity index (χ0v) is 13.6. The number of fused-ring (bicyclic) bond motifs is 1. The van der Waals surface area contributed by atoms with Crippen molar-refractivity contribution in [2.24, 2.45) is 0 Å². The number of aromatic nitrogens is 5. The molecule has 7 nitrogen and oxygen atoms in total. The van der Waals surface area contributed by atoms with Crippen LogP contribution in [-0.2, 0) is 6.61 Å². The van der Waals surface area contributed by atoms with Gasteiger partial charge in [-0.2, -0.15) is 9.50 Å². The van der Waals surface area contributed by atoms with E-state index in [0.717, 1.165) is 11.3 Å². The number of hydrogen-bond donors (Lipinski definition) is 0. The van der Waals surface area contributed by atoms with E-state index in [1.54, 1.807) is 24.0 Å². The van der Waals surface area contributed by atoms with Crippen molar-refractivity contribution in [1.29, 1.82) is 0 Å². The first-order chi connectivity index (χ1) is 11.1. The molecule has 0 radical (unpaired) electrons. The van der Waals surface area contributed by atoms with Gasteiger partial charge in [0.1, 0.15) is 18.2 Å². The minimum absolute atomic E-state index is 0.276. The Labute approximate surface area is 134 Å². The molecule has 0 fully saturated rings. The zero-order valence-electron chi connectivity index (χ0n) is 13.6. The summed E-state index contributed by atoms with van der Waals surface area (Å²) >= 11 is 0. The van der Waals surface area contributed by atoms with E-state index in [9.17, 15) is 0 Å². The average Bonchev–Trinajstić information content (AvgIpc) is 2.92. The Kier molecular flexibility index (Phi) is 4.10. The number of pyridine rings is 1. The maximum atomic E-state index is 5.93. The van der Waals surface area contributed by atoms with Crippen LogP contribution < -0.4 is 9.47 Å². The standard InChI is InChI=1S/C16H19N5O2/c1-10(2)14-6-15(21-16(19-14)18-11(3)20-21)23-9-12-5-13(22-4)8-17-7-12/h5-8,10H,9H2,1-4H3. The maximum absolute atomic E-state index is 5.93. The molecule has 0 saturated heterocycles. The van der Waals surface area contributed by atoms with Crippen LogP contribution in [0.3, 0.4) is 0 Å². The Hall–Kier alpha value is -2.70. The number of methoxy groups -OCH3 is 1. The van der Waals surface area contributed by atoms with Gasteiger partial charge in [0.15, 0.2) is 0 Å². The third-order valence-electron chi connectivity index (χ3n) is 3.39. The zero-order chi connectivity index (χ0) is 16.4. The molecule has 0 amide bonds. The molecule has 3 aromatic heterocycles. The fourth-order valence-corrected chi connectivity index (χ4v) is 2.17. The van der Waals surface area contributed by atoms with Crippen LogP contribution in [0.2, 0.25) is 0 Å². The van der Waals surface area contributed by atoms with Crippen LogP contribution in [0.1, 0.15) is 36.8 Å². The normalized spacial score (nSPS) is 11.2. The number of aryl methyl sites for hydroxylation is 1. The molecule has 0 aromatic carbocycles. The van der Waals surface area contributed by atoms with Crippen molar-refractivity contribution >= 4 is 5.78 Å². The molecule has 0 aliphatic heterocycles. The van der Waals surface area contributed by atoms with Crippen molar-refractivity contribution in [2.45, 2.75) is 33.3 Å². The predicted octanol–water partition coefficient (Wildman–Crippen LogP) is 2.54. The van der Waals surface area contributed by atoms with Crippen LogP contribution >= 0.6 is 0 Å². The largest absolute Gasteiger partial charge is 0.495 e. The van der Waals surface area contributed by atoms with E-state index in [-0.39, 0.29) is 5.92 Å². The summed E-state index contributed by atoms with van der Waals surface area (Å²) in [6.45, 7) is 6.36. The van der Waals surface area contributed by atoms with E-state index >= 15 is 0 Å². The Morgan fingerprint density at radius 1 is 1.17 bits per heavy atom. The van der Waals surface area contributed by atoms with Crippen LogP contribution in [0.4, 0.5) is 0 Å². The average molecular weight is 313 g/mol. The summed E-state index contributed by atoms with van der Waals surface area (Å²) in [5.41, 5.74) is 1.83. The van der Waals surface area contributed by atoms with Crippen molar-refractivity contribution in [3.05, 3.63) is 41.6 Å². The molecule has 3 heterocycles. The Bertz CT molecular complexity index is 828. The van der Waals surface area contributed by atoms with Gasteiger partial charge in [-0.1, -0.05) is 13.8 Å². The SMILES string of the molecule is COc1cncc(COc2cc(C(C)C)nc3nc(C)nn23)c1. The predicted molar refractivity (Wildman–Crippen MR) is 84.7 cm³/mol. The van der Waals surface area contributed by atoms with Gasteiger partial charge in [-0.15, -0.1) is 5.10 Å². The van der Waals surface area contributed by atoms with E-state index in [2.05, 4.69) is 33.9 Å². The Morgan fingerprint density at radius 3 is 2.74 bits per heavy atom. The molecule has 0 atom stereocenters. The molecule has 0 unspecified atom stereocenters. The Morgan fingerprint density at radius 2 is 2.00 bits per heavy atom. The van der Waals surface area contributed by atoms with Gasteiger partial charge in [0.25, 0.3) is 5.78 Å². The smallest absolute Gasteiger partial charge is 0.255 e. The lowest BCUT2D eigenvalue weighted by Crippen LogP contribution is -2.06. The highest BCUT2D eigenvalue weighted by Crippen LogP contribution is 2.21. The lowest BCUT2D eigenvalue weighted by Gasteiger charge is -2.11. The van der Waals surface area contributed by atoms with Crippen molar-refractivity contribution in [1.82, 2.24) is 24.6 Å². The molecule has 3 rings (SSSR count). The molecular formula is C16H19N5O2. The molecule has 23 heavy (non-hydrogen) atoms. The molecule has 0 N–H and O–H groups in total. The summed E-state index contributed by atoms with van der Waals surface area (Å²) in [6, 6.07) is 3.79. The minimum atomic E-state index is 0.276. The molecule has 0 aliphatic rings. The second-order valence-corrected chi connectivity index (χ2v) is 5.57. The van der Waals surface area contributed by atoms with Crippen LogP contribution in [0.25, 0.3) is 5.78 Å². The summed E-state index contributed by atoms with van der Waals surface area (Å²) in [5.74, 6) is 2.80. The number of hydrogen-bond acceptors (Lipinski definition) is 6. The van der Waals surface area contributed by atoms with E-state index in [4.69, 9.17) is 9.47 Å². The summed E-state index contributed by atoms with van der Waals surface area (Å²) in [4.78, 5) is 13.0. The summed E-state index contributed by atoms with van der Waals surface area (Å²) in [7, 11) is 1.61. The molecule has 120 valence electrons. The molecule has 0 aliphatic carbocycles. The first-order valence-electron chi connectivity index (χ1n) is 7.42. The fourth-order valence-electron chi connectivity index (χ4n) is 2.17. The maximum Gasteiger partial charge on any atom is 0.255 e. The third kappa shape index (κ3) is 3.23. The molecule has 7 heteroatoms. The van der Waals surface area contributed by atoms with Crippen molar-refractivity contribution in [3.8, 4) is 11.6 Å². The molecule has 0 spiro atoms. The lowest BCUT2D eigenvalue weighted by molar-refractivity contribution is 0.283. The second-order valence-electron chi connectivity index (χ2n) is 5.57. The van der Waals surface area contributed by atoms with Gasteiger partial charge in [0, 0.05) is 17.8 Å². The van der Waals surface area contributed by atoms with E-state index in [1.165, 1.54) is 0 Å². The molecule has 0 bridgehead atoms. The third-order valence-corrected chi connectivity index (χ3v) is 3.39. The highest BCUT2D eigenvalue weighted by molar-refractivity contribution is 5.35. The highest BCUT2D eigenvalue weighted by Gasteiger charge is 2.13. The van der Waals surface area contributed by atoms with Gasteiger partial charge in [-0.05, 0) is 18.9 Å². The van der Waals surface area contributed by atoms with E-state index in [1.807, 2.05) is 19.1 Å². The first-order valence-corrected chi connectivity index (χ1v) is 7.42. The number of ether oxygens (including phenoxy) is 2. The monoisotopic (exact) mass is 313 g/mol. The highest BCUT2D eigenvalue weighted by atomic mass is 16.5. The van der Waals surface area contributed by atoms with E-state index < -0.39 is 0 Å². The summed E-state index contributed by atoms with van der Waals surface area (Å²) in [6.07, 6.45) is 3.41. The molecular weight excluding hydrogens is 294 g/mol. The summed E-state index contributed by atoms with van der Waals surface area (Å²) < 4.78 is 12.7. The quantitative estimate of drug-likeness (QED) is 0.720. The van der Waals surface area contributed by atoms with Crippen LogP contribution in [0.5, 0.6) is 11.6 Å². The number of rotatable bonds is 5. The van der Waals surface area contributed by atoms with Gasteiger partial charge in [-0.25, -0.2) is 4.98 Å². The van der Waals surface area contributed by atoms with E-state index in [0.29, 0.717) is 29.8 Å². The van der Waals surface area contributed by atoms with Gasteiger partial charge < -0.3 is 9.47 Å².